The number of alkyl halides is 2. The molecule has 0 aliphatic heterocycles. The summed E-state index contributed by atoms with van der Waals surface area (Å²) in [4.78, 5) is 12.1. The second-order valence-corrected chi connectivity index (χ2v) is 6.85. The Morgan fingerprint density at radius 2 is 1.68 bits per heavy atom. The number of ketones is 1. The van der Waals surface area contributed by atoms with Crippen molar-refractivity contribution in [1.29, 1.82) is 0 Å². The first kappa shape index (κ1) is 18.6. The van der Waals surface area contributed by atoms with Gasteiger partial charge in [-0.2, -0.15) is 8.78 Å². The monoisotopic (exact) mass is 367 g/mol. The molecule has 132 valence electrons. The van der Waals surface area contributed by atoms with Crippen LogP contribution in [0, 0.1) is 0 Å². The van der Waals surface area contributed by atoms with Gasteiger partial charge in [-0.05, 0) is 48.0 Å². The molecule has 0 spiro atoms. The summed E-state index contributed by atoms with van der Waals surface area (Å²) >= 11 is 0. The third-order valence-electron chi connectivity index (χ3n) is 3.01. The Bertz CT molecular complexity index is 861. The number of ether oxygens (including phenoxy) is 1. The molecule has 0 bridgehead atoms. The zero-order valence-corrected chi connectivity index (χ0v) is 14.0. The molecule has 0 aromatic heterocycles. The SMILES string of the molecule is CS(=O)(=O)Nc1ccc(C(=O)/C=C/c2ccc(OC(F)F)cc2)cc1. The van der Waals surface area contributed by atoms with Crippen molar-refractivity contribution < 1.29 is 26.7 Å². The van der Waals surface area contributed by atoms with E-state index in [0.29, 0.717) is 16.8 Å². The molecule has 0 atom stereocenters. The standard InChI is InChI=1S/C17H15F2NO4S/c1-25(22,23)20-14-7-5-13(6-8-14)16(21)11-4-12-2-9-15(10-3-12)24-17(18)19/h2-11,17,20H,1H3/b11-4+. The van der Waals surface area contributed by atoms with Gasteiger partial charge >= 0.3 is 6.61 Å². The van der Waals surface area contributed by atoms with Gasteiger partial charge < -0.3 is 4.74 Å². The molecule has 1 N–H and O–H groups in total. The van der Waals surface area contributed by atoms with Gasteiger partial charge in [0.2, 0.25) is 10.0 Å². The van der Waals surface area contributed by atoms with Crippen LogP contribution in [-0.2, 0) is 10.0 Å². The van der Waals surface area contributed by atoms with Gasteiger partial charge in [-0.3, -0.25) is 9.52 Å². The number of halogens is 2. The summed E-state index contributed by atoms with van der Waals surface area (Å²) in [5, 5.41) is 0. The third-order valence-corrected chi connectivity index (χ3v) is 3.61. The van der Waals surface area contributed by atoms with Gasteiger partial charge in [-0.1, -0.05) is 18.2 Å². The largest absolute Gasteiger partial charge is 0.435 e. The van der Waals surface area contributed by atoms with Gasteiger partial charge in [0.05, 0.1) is 6.26 Å². The third kappa shape index (κ3) is 6.34. The Labute approximate surface area is 144 Å². The Balaban J connectivity index is 2.02. The Hall–Kier alpha value is -2.74. The number of benzene rings is 2. The lowest BCUT2D eigenvalue weighted by Gasteiger charge is -2.04. The lowest BCUT2D eigenvalue weighted by molar-refractivity contribution is -0.0498. The average Bonchev–Trinajstić information content (AvgIpc) is 2.52. The van der Waals surface area contributed by atoms with E-state index in [-0.39, 0.29) is 11.5 Å². The van der Waals surface area contributed by atoms with Crippen LogP contribution >= 0.6 is 0 Å². The topological polar surface area (TPSA) is 72.5 Å². The van der Waals surface area contributed by atoms with Crippen LogP contribution in [0.25, 0.3) is 6.08 Å². The fraction of sp³-hybridized carbons (Fsp3) is 0.118. The molecule has 0 fully saturated rings. The van der Waals surface area contributed by atoms with E-state index in [9.17, 15) is 22.0 Å². The summed E-state index contributed by atoms with van der Waals surface area (Å²) in [5.41, 5.74) is 1.39. The van der Waals surface area contributed by atoms with Crippen molar-refractivity contribution in [2.75, 3.05) is 11.0 Å². The molecule has 0 saturated carbocycles. The lowest BCUT2D eigenvalue weighted by atomic mass is 10.1. The predicted molar refractivity (Wildman–Crippen MR) is 91.3 cm³/mol. The minimum Gasteiger partial charge on any atom is -0.435 e. The molecule has 0 unspecified atom stereocenters. The summed E-state index contributed by atoms with van der Waals surface area (Å²) in [7, 11) is -3.37. The van der Waals surface area contributed by atoms with E-state index in [4.69, 9.17) is 0 Å². The number of carbonyl (C=O) groups excluding carboxylic acids is 1. The van der Waals surface area contributed by atoms with Gasteiger partial charge in [0, 0.05) is 11.3 Å². The molecule has 0 radical (unpaired) electrons. The van der Waals surface area contributed by atoms with Crippen LogP contribution in [-0.4, -0.2) is 27.1 Å². The normalized spacial score (nSPS) is 11.7. The molecule has 0 saturated heterocycles. The van der Waals surface area contributed by atoms with Crippen LogP contribution < -0.4 is 9.46 Å². The molecular formula is C17H15F2NO4S. The maximum Gasteiger partial charge on any atom is 0.387 e. The van der Waals surface area contributed by atoms with Gasteiger partial charge in [0.15, 0.2) is 5.78 Å². The number of rotatable bonds is 7. The van der Waals surface area contributed by atoms with Gasteiger partial charge in [0.25, 0.3) is 0 Å². The summed E-state index contributed by atoms with van der Waals surface area (Å²) in [6.07, 6.45) is 3.91. The highest BCUT2D eigenvalue weighted by atomic mass is 32.2. The zero-order valence-electron chi connectivity index (χ0n) is 13.1. The summed E-state index contributed by atoms with van der Waals surface area (Å²) < 4.78 is 52.9. The molecule has 2 rings (SSSR count). The molecule has 5 nitrogen and oxygen atoms in total. The molecule has 0 aliphatic carbocycles. The van der Waals surface area contributed by atoms with Crippen LogP contribution in [0.3, 0.4) is 0 Å². The molecular weight excluding hydrogens is 352 g/mol. The predicted octanol–water partition coefficient (Wildman–Crippen LogP) is 3.56. The highest BCUT2D eigenvalue weighted by Gasteiger charge is 2.05. The van der Waals surface area contributed by atoms with Gasteiger partial charge in [-0.25, -0.2) is 8.42 Å². The first-order valence-electron chi connectivity index (χ1n) is 7.08. The first-order valence-corrected chi connectivity index (χ1v) is 8.97. The molecule has 0 heterocycles. The van der Waals surface area contributed by atoms with Crippen LogP contribution in [0.15, 0.2) is 54.6 Å². The average molecular weight is 367 g/mol. The quantitative estimate of drug-likeness (QED) is 0.600. The maximum atomic E-state index is 12.1. The van der Waals surface area contributed by atoms with E-state index < -0.39 is 16.6 Å². The highest BCUT2D eigenvalue weighted by molar-refractivity contribution is 7.92. The second-order valence-electron chi connectivity index (χ2n) is 5.10. The number of hydrogen-bond acceptors (Lipinski definition) is 4. The van der Waals surface area contributed by atoms with Crippen molar-refractivity contribution in [1.82, 2.24) is 0 Å². The number of sulfonamides is 1. The Morgan fingerprint density at radius 3 is 2.20 bits per heavy atom. The van der Waals surface area contributed by atoms with Gasteiger partial charge in [0.1, 0.15) is 5.75 Å². The fourth-order valence-electron chi connectivity index (χ4n) is 1.95. The van der Waals surface area contributed by atoms with E-state index in [1.807, 2.05) is 0 Å². The van der Waals surface area contributed by atoms with E-state index in [1.165, 1.54) is 48.6 Å². The van der Waals surface area contributed by atoms with Crippen molar-refractivity contribution in [2.24, 2.45) is 0 Å². The van der Waals surface area contributed by atoms with E-state index >= 15 is 0 Å². The van der Waals surface area contributed by atoms with E-state index in [1.54, 1.807) is 12.1 Å². The van der Waals surface area contributed by atoms with Crippen LogP contribution in [0.2, 0.25) is 0 Å². The van der Waals surface area contributed by atoms with Crippen molar-refractivity contribution in [3.05, 3.63) is 65.7 Å². The van der Waals surface area contributed by atoms with Crippen LogP contribution in [0.1, 0.15) is 15.9 Å². The smallest absolute Gasteiger partial charge is 0.387 e. The molecule has 0 aliphatic rings. The number of carbonyl (C=O) groups is 1. The van der Waals surface area contributed by atoms with E-state index in [2.05, 4.69) is 9.46 Å². The second kappa shape index (κ2) is 7.89. The van der Waals surface area contributed by atoms with Crippen molar-refractivity contribution in [3.8, 4) is 5.75 Å². The first-order chi connectivity index (χ1) is 11.7. The molecule has 0 amide bonds. The van der Waals surface area contributed by atoms with Crippen LogP contribution in [0.5, 0.6) is 5.75 Å². The summed E-state index contributed by atoms with van der Waals surface area (Å²) in [6.45, 7) is -2.89. The van der Waals surface area contributed by atoms with Gasteiger partial charge in [-0.15, -0.1) is 0 Å². The van der Waals surface area contributed by atoms with Crippen molar-refractivity contribution in [3.63, 3.8) is 0 Å². The minimum absolute atomic E-state index is 0.0347. The Morgan fingerprint density at radius 1 is 1.08 bits per heavy atom. The summed E-state index contributed by atoms with van der Waals surface area (Å²) in [5.74, 6) is -0.244. The molecule has 25 heavy (non-hydrogen) atoms. The lowest BCUT2D eigenvalue weighted by Crippen LogP contribution is -2.09. The number of allylic oxidation sites excluding steroid dienone is 1. The molecule has 2 aromatic rings. The van der Waals surface area contributed by atoms with E-state index in [0.717, 1.165) is 6.26 Å². The molecule has 8 heteroatoms. The number of anilines is 1. The highest BCUT2D eigenvalue weighted by Crippen LogP contribution is 2.16. The maximum absolute atomic E-state index is 12.1. The fourth-order valence-corrected chi connectivity index (χ4v) is 2.51. The van der Waals surface area contributed by atoms with Crippen molar-refractivity contribution in [2.45, 2.75) is 6.61 Å². The number of hydrogen-bond donors (Lipinski definition) is 1. The van der Waals surface area contributed by atoms with Crippen LogP contribution in [0.4, 0.5) is 14.5 Å². The zero-order chi connectivity index (χ0) is 18.4. The number of nitrogens with one attached hydrogen (secondary N) is 1. The van der Waals surface area contributed by atoms with Crippen molar-refractivity contribution >= 4 is 27.6 Å². The minimum atomic E-state index is -3.37. The Kier molecular flexibility index (Phi) is 5.87. The summed E-state index contributed by atoms with van der Waals surface area (Å²) in [6, 6.07) is 11.8. The molecule has 2 aromatic carbocycles.